The number of aliphatic hydroxyl groups is 1. The van der Waals surface area contributed by atoms with Gasteiger partial charge in [0, 0.05) is 6.54 Å². The van der Waals surface area contributed by atoms with E-state index in [1.54, 1.807) is 12.1 Å². The third kappa shape index (κ3) is 3.41. The lowest BCUT2D eigenvalue weighted by molar-refractivity contribution is 0.281. The first-order chi connectivity index (χ1) is 8.28. The van der Waals surface area contributed by atoms with E-state index in [9.17, 15) is 0 Å². The number of benzene rings is 1. The topological polar surface area (TPSA) is 58.0 Å². The van der Waals surface area contributed by atoms with Gasteiger partial charge in [-0.25, -0.2) is 0 Å². The molecule has 0 aliphatic carbocycles. The van der Waals surface area contributed by atoms with Crippen molar-refractivity contribution in [2.45, 2.75) is 13.2 Å². The third-order valence-electron chi connectivity index (χ3n) is 2.28. The van der Waals surface area contributed by atoms with Crippen molar-refractivity contribution in [2.75, 3.05) is 5.32 Å². The van der Waals surface area contributed by atoms with Crippen LogP contribution >= 0.6 is 11.6 Å². The van der Waals surface area contributed by atoms with Crippen molar-refractivity contribution in [1.29, 1.82) is 0 Å². The maximum atomic E-state index is 9.02. The summed E-state index contributed by atoms with van der Waals surface area (Å²) in [7, 11) is 0. The average molecular weight is 250 g/mol. The summed E-state index contributed by atoms with van der Waals surface area (Å²) in [6.07, 6.45) is 0. The second kappa shape index (κ2) is 5.61. The molecule has 0 saturated heterocycles. The Morgan fingerprint density at radius 3 is 2.65 bits per heavy atom. The van der Waals surface area contributed by atoms with Crippen LogP contribution in [0.4, 0.5) is 5.82 Å². The minimum Gasteiger partial charge on any atom is -0.392 e. The molecule has 1 heterocycles. The Morgan fingerprint density at radius 2 is 1.94 bits per heavy atom. The molecule has 0 saturated carbocycles. The lowest BCUT2D eigenvalue weighted by atomic mass is 10.1. The van der Waals surface area contributed by atoms with Crippen molar-refractivity contribution in [2.24, 2.45) is 0 Å². The van der Waals surface area contributed by atoms with E-state index in [-0.39, 0.29) is 6.61 Å². The van der Waals surface area contributed by atoms with Crippen molar-refractivity contribution in [3.63, 3.8) is 0 Å². The summed E-state index contributed by atoms with van der Waals surface area (Å²) in [5, 5.41) is 20.2. The standard InChI is InChI=1S/C12H12ClN3O/c13-11-4-5-12(16-15-11)14-7-9-2-1-3-10(6-9)8-17/h1-6,17H,7-8H2,(H,14,16). The summed E-state index contributed by atoms with van der Waals surface area (Å²) < 4.78 is 0. The first-order valence-corrected chi connectivity index (χ1v) is 5.57. The first-order valence-electron chi connectivity index (χ1n) is 5.20. The number of nitrogens with zero attached hydrogens (tertiary/aromatic N) is 2. The number of hydrogen-bond acceptors (Lipinski definition) is 4. The van der Waals surface area contributed by atoms with E-state index in [1.807, 2.05) is 24.3 Å². The van der Waals surface area contributed by atoms with Crippen molar-refractivity contribution in [3.05, 3.63) is 52.7 Å². The van der Waals surface area contributed by atoms with E-state index < -0.39 is 0 Å². The number of aromatic nitrogens is 2. The van der Waals surface area contributed by atoms with E-state index in [0.717, 1.165) is 11.1 Å². The second-order valence-corrected chi connectivity index (χ2v) is 3.96. The smallest absolute Gasteiger partial charge is 0.151 e. The monoisotopic (exact) mass is 249 g/mol. The van der Waals surface area contributed by atoms with Gasteiger partial charge in [0.05, 0.1) is 6.61 Å². The zero-order valence-electron chi connectivity index (χ0n) is 9.10. The fourth-order valence-corrected chi connectivity index (χ4v) is 1.54. The molecule has 5 heteroatoms. The highest BCUT2D eigenvalue weighted by Crippen LogP contribution is 2.09. The molecule has 2 rings (SSSR count). The molecule has 0 unspecified atom stereocenters. The Kier molecular flexibility index (Phi) is 3.90. The van der Waals surface area contributed by atoms with Gasteiger partial charge >= 0.3 is 0 Å². The van der Waals surface area contributed by atoms with Crippen LogP contribution in [0.1, 0.15) is 11.1 Å². The number of nitrogens with one attached hydrogen (secondary N) is 1. The molecule has 88 valence electrons. The lowest BCUT2D eigenvalue weighted by Crippen LogP contribution is -2.02. The van der Waals surface area contributed by atoms with Gasteiger partial charge in [0.1, 0.15) is 5.82 Å². The molecule has 0 aliphatic rings. The van der Waals surface area contributed by atoms with Crippen LogP contribution in [0.25, 0.3) is 0 Å². The third-order valence-corrected chi connectivity index (χ3v) is 2.48. The molecule has 0 radical (unpaired) electrons. The Balaban J connectivity index is 1.99. The molecule has 4 nitrogen and oxygen atoms in total. The van der Waals surface area contributed by atoms with Crippen molar-refractivity contribution in [1.82, 2.24) is 10.2 Å². The van der Waals surface area contributed by atoms with Gasteiger partial charge in [0.2, 0.25) is 0 Å². The molecule has 1 aromatic heterocycles. The Labute approximate surface area is 104 Å². The van der Waals surface area contributed by atoms with E-state index >= 15 is 0 Å². The number of anilines is 1. The van der Waals surface area contributed by atoms with Gasteiger partial charge in [0.15, 0.2) is 5.15 Å². The van der Waals surface area contributed by atoms with Crippen LogP contribution in [0.2, 0.25) is 5.15 Å². The first kappa shape index (κ1) is 11.8. The second-order valence-electron chi connectivity index (χ2n) is 3.57. The minimum atomic E-state index is 0.0502. The SMILES string of the molecule is OCc1cccc(CNc2ccc(Cl)nn2)c1. The summed E-state index contributed by atoms with van der Waals surface area (Å²) in [5.74, 6) is 0.670. The van der Waals surface area contributed by atoms with Gasteiger partial charge in [-0.3, -0.25) is 0 Å². The number of hydrogen-bond donors (Lipinski definition) is 2. The molecule has 2 aromatic rings. The molecule has 0 amide bonds. The highest BCUT2D eigenvalue weighted by atomic mass is 35.5. The number of aliphatic hydroxyl groups excluding tert-OH is 1. The summed E-state index contributed by atoms with van der Waals surface area (Å²) in [5.41, 5.74) is 1.97. The van der Waals surface area contributed by atoms with Crippen LogP contribution < -0.4 is 5.32 Å². The molecule has 0 spiro atoms. The zero-order chi connectivity index (χ0) is 12.1. The molecule has 1 aromatic carbocycles. The van der Waals surface area contributed by atoms with Crippen LogP contribution in [-0.4, -0.2) is 15.3 Å². The van der Waals surface area contributed by atoms with Gasteiger partial charge in [-0.15, -0.1) is 10.2 Å². The van der Waals surface area contributed by atoms with Crippen LogP contribution in [0.15, 0.2) is 36.4 Å². The maximum absolute atomic E-state index is 9.02. The van der Waals surface area contributed by atoms with Gasteiger partial charge in [-0.05, 0) is 23.3 Å². The van der Waals surface area contributed by atoms with Crippen LogP contribution in [-0.2, 0) is 13.2 Å². The van der Waals surface area contributed by atoms with Crippen molar-refractivity contribution < 1.29 is 5.11 Å². The number of rotatable bonds is 4. The van der Waals surface area contributed by atoms with Gasteiger partial charge in [-0.1, -0.05) is 35.9 Å². The maximum Gasteiger partial charge on any atom is 0.151 e. The summed E-state index contributed by atoms with van der Waals surface area (Å²) in [4.78, 5) is 0. The highest BCUT2D eigenvalue weighted by Gasteiger charge is 1.97. The normalized spacial score (nSPS) is 10.2. The van der Waals surface area contributed by atoms with E-state index in [0.29, 0.717) is 17.5 Å². The molecule has 2 N–H and O–H groups in total. The van der Waals surface area contributed by atoms with Gasteiger partial charge in [-0.2, -0.15) is 0 Å². The molecule has 17 heavy (non-hydrogen) atoms. The minimum absolute atomic E-state index is 0.0502. The van der Waals surface area contributed by atoms with E-state index in [1.165, 1.54) is 0 Å². The molecule has 0 atom stereocenters. The quantitative estimate of drug-likeness (QED) is 0.873. The lowest BCUT2D eigenvalue weighted by Gasteiger charge is -2.06. The molecular formula is C12H12ClN3O. The van der Waals surface area contributed by atoms with Crippen molar-refractivity contribution >= 4 is 17.4 Å². The van der Waals surface area contributed by atoms with Crippen LogP contribution in [0, 0.1) is 0 Å². The average Bonchev–Trinajstić information content (AvgIpc) is 2.38. The van der Waals surface area contributed by atoms with E-state index in [2.05, 4.69) is 15.5 Å². The summed E-state index contributed by atoms with van der Waals surface area (Å²) in [6.45, 7) is 0.679. The van der Waals surface area contributed by atoms with Gasteiger partial charge in [0.25, 0.3) is 0 Å². The molecule has 0 bridgehead atoms. The molecule has 0 aliphatic heterocycles. The fourth-order valence-electron chi connectivity index (χ4n) is 1.44. The Hall–Kier alpha value is -1.65. The predicted octanol–water partition coefficient (Wildman–Crippen LogP) is 2.23. The molecular weight excluding hydrogens is 238 g/mol. The Bertz CT molecular complexity index is 487. The van der Waals surface area contributed by atoms with Crippen LogP contribution in [0.5, 0.6) is 0 Å². The largest absolute Gasteiger partial charge is 0.392 e. The fraction of sp³-hybridized carbons (Fsp3) is 0.167. The summed E-state index contributed by atoms with van der Waals surface area (Å²) in [6, 6.07) is 11.2. The Morgan fingerprint density at radius 1 is 1.12 bits per heavy atom. The van der Waals surface area contributed by atoms with Crippen LogP contribution in [0.3, 0.4) is 0 Å². The molecule has 0 fully saturated rings. The summed E-state index contributed by atoms with van der Waals surface area (Å²) >= 11 is 5.64. The zero-order valence-corrected chi connectivity index (χ0v) is 9.85. The highest BCUT2D eigenvalue weighted by molar-refractivity contribution is 6.29. The number of halogens is 1. The van der Waals surface area contributed by atoms with Crippen molar-refractivity contribution in [3.8, 4) is 0 Å². The predicted molar refractivity (Wildman–Crippen MR) is 66.7 cm³/mol. The van der Waals surface area contributed by atoms with E-state index in [4.69, 9.17) is 16.7 Å². The van der Waals surface area contributed by atoms with Gasteiger partial charge < -0.3 is 10.4 Å².